The number of rotatable bonds is 4. The molecule has 1 fully saturated rings. The van der Waals surface area contributed by atoms with Gasteiger partial charge in [-0.3, -0.25) is 4.90 Å². The Bertz CT molecular complexity index is 693. The molecule has 1 atom stereocenters. The van der Waals surface area contributed by atoms with Crippen LogP contribution >= 0.6 is 0 Å². The Balaban J connectivity index is 1.65. The summed E-state index contributed by atoms with van der Waals surface area (Å²) < 4.78 is 24.9. The van der Waals surface area contributed by atoms with Gasteiger partial charge >= 0.3 is 0 Å². The van der Waals surface area contributed by atoms with E-state index in [1.807, 2.05) is 36.1 Å². The van der Waals surface area contributed by atoms with Gasteiger partial charge in [0.1, 0.15) is 0 Å². The maximum absolute atomic E-state index is 11.5. The molecule has 112 valence electrons. The van der Waals surface area contributed by atoms with Crippen molar-refractivity contribution in [3.8, 4) is 5.69 Å². The molecule has 0 N–H and O–H groups in total. The first kappa shape index (κ1) is 14.3. The molecule has 2 heterocycles. The minimum Gasteiger partial charge on any atom is -0.298 e. The molecule has 0 saturated carbocycles. The summed E-state index contributed by atoms with van der Waals surface area (Å²) in [6, 6.07) is 10.2. The van der Waals surface area contributed by atoms with Crippen LogP contribution in [0.1, 0.15) is 12.0 Å². The molecule has 6 heteroatoms. The lowest BCUT2D eigenvalue weighted by molar-refractivity contribution is 0.254. The van der Waals surface area contributed by atoms with Crippen LogP contribution in [0, 0.1) is 0 Å². The van der Waals surface area contributed by atoms with Crippen LogP contribution in [0.2, 0.25) is 0 Å². The standard InChI is InChI=1S/C15H19N3O2S/c1-17(15-7-10-21(19,20)12-15)11-13-3-5-14(6-4-13)18-9-2-8-16-18/h2-6,8-9,15H,7,10-12H2,1H3. The second-order valence-corrected chi connectivity index (χ2v) is 7.82. The van der Waals surface area contributed by atoms with Crippen LogP contribution in [-0.2, 0) is 16.4 Å². The first-order chi connectivity index (χ1) is 10.0. The fourth-order valence-electron chi connectivity index (χ4n) is 2.72. The average molecular weight is 305 g/mol. The van der Waals surface area contributed by atoms with E-state index in [0.717, 1.165) is 18.7 Å². The number of hydrogen-bond donors (Lipinski definition) is 0. The minimum absolute atomic E-state index is 0.140. The van der Waals surface area contributed by atoms with Crippen molar-refractivity contribution in [1.82, 2.24) is 14.7 Å². The molecular weight excluding hydrogens is 286 g/mol. The molecule has 1 aliphatic heterocycles. The van der Waals surface area contributed by atoms with Gasteiger partial charge in [-0.1, -0.05) is 12.1 Å². The topological polar surface area (TPSA) is 55.2 Å². The summed E-state index contributed by atoms with van der Waals surface area (Å²) in [4.78, 5) is 2.13. The Kier molecular flexibility index (Phi) is 3.82. The van der Waals surface area contributed by atoms with Crippen molar-refractivity contribution in [2.45, 2.75) is 19.0 Å². The van der Waals surface area contributed by atoms with Crippen molar-refractivity contribution in [3.63, 3.8) is 0 Å². The van der Waals surface area contributed by atoms with Gasteiger partial charge in [-0.2, -0.15) is 5.10 Å². The molecule has 0 spiro atoms. The predicted octanol–water partition coefficient (Wildman–Crippen LogP) is 1.49. The van der Waals surface area contributed by atoms with Gasteiger partial charge in [-0.05, 0) is 37.2 Å². The number of hydrogen-bond acceptors (Lipinski definition) is 4. The third kappa shape index (κ3) is 3.33. The highest BCUT2D eigenvalue weighted by atomic mass is 32.2. The largest absolute Gasteiger partial charge is 0.298 e. The molecule has 1 aromatic carbocycles. The number of benzene rings is 1. The third-order valence-electron chi connectivity index (χ3n) is 3.97. The van der Waals surface area contributed by atoms with Crippen LogP contribution in [0.3, 0.4) is 0 Å². The first-order valence-corrected chi connectivity index (χ1v) is 8.85. The van der Waals surface area contributed by atoms with Gasteiger partial charge in [0.2, 0.25) is 0 Å². The summed E-state index contributed by atoms with van der Waals surface area (Å²) in [6.45, 7) is 0.763. The van der Waals surface area contributed by atoms with E-state index in [2.05, 4.69) is 22.1 Å². The second-order valence-electron chi connectivity index (χ2n) is 5.59. The van der Waals surface area contributed by atoms with Gasteiger partial charge in [0.15, 0.2) is 9.84 Å². The summed E-state index contributed by atoms with van der Waals surface area (Å²) in [6.07, 6.45) is 4.40. The van der Waals surface area contributed by atoms with Crippen molar-refractivity contribution in [1.29, 1.82) is 0 Å². The lowest BCUT2D eigenvalue weighted by Gasteiger charge is -2.23. The minimum atomic E-state index is -2.82. The molecule has 1 aliphatic rings. The first-order valence-electron chi connectivity index (χ1n) is 7.03. The summed E-state index contributed by atoms with van der Waals surface area (Å²) >= 11 is 0. The molecule has 1 aromatic heterocycles. The van der Waals surface area contributed by atoms with E-state index in [4.69, 9.17) is 0 Å². The summed E-state index contributed by atoms with van der Waals surface area (Å²) in [7, 11) is -0.829. The highest BCUT2D eigenvalue weighted by molar-refractivity contribution is 7.91. The van der Waals surface area contributed by atoms with E-state index < -0.39 is 9.84 Å². The van der Waals surface area contributed by atoms with Gasteiger partial charge in [0.05, 0.1) is 17.2 Å². The fourth-order valence-corrected chi connectivity index (χ4v) is 4.52. The SMILES string of the molecule is CN(Cc1ccc(-n2cccn2)cc1)C1CCS(=O)(=O)C1. The Morgan fingerprint density at radius 1 is 1.33 bits per heavy atom. The van der Waals surface area contributed by atoms with Crippen LogP contribution in [0.5, 0.6) is 0 Å². The van der Waals surface area contributed by atoms with E-state index in [0.29, 0.717) is 5.75 Å². The molecule has 21 heavy (non-hydrogen) atoms. The van der Waals surface area contributed by atoms with Gasteiger partial charge in [0.25, 0.3) is 0 Å². The van der Waals surface area contributed by atoms with E-state index in [-0.39, 0.29) is 11.8 Å². The summed E-state index contributed by atoms with van der Waals surface area (Å²) in [5, 5.41) is 4.20. The fraction of sp³-hybridized carbons (Fsp3) is 0.400. The van der Waals surface area contributed by atoms with Crippen LogP contribution in [0.25, 0.3) is 5.69 Å². The summed E-state index contributed by atoms with van der Waals surface area (Å²) in [5.74, 6) is 0.606. The van der Waals surface area contributed by atoms with Crippen LogP contribution in [0.15, 0.2) is 42.7 Å². The Hall–Kier alpha value is -1.66. The number of sulfone groups is 1. The van der Waals surface area contributed by atoms with Crippen LogP contribution < -0.4 is 0 Å². The monoisotopic (exact) mass is 305 g/mol. The summed E-state index contributed by atoms with van der Waals surface area (Å²) in [5.41, 5.74) is 2.20. The lowest BCUT2D eigenvalue weighted by Crippen LogP contribution is -2.32. The zero-order valence-electron chi connectivity index (χ0n) is 12.0. The highest BCUT2D eigenvalue weighted by Crippen LogP contribution is 2.19. The van der Waals surface area contributed by atoms with Crippen molar-refractivity contribution < 1.29 is 8.42 Å². The smallest absolute Gasteiger partial charge is 0.151 e. The van der Waals surface area contributed by atoms with E-state index in [9.17, 15) is 8.42 Å². The average Bonchev–Trinajstić information content (AvgIpc) is 3.09. The molecule has 5 nitrogen and oxygen atoms in total. The van der Waals surface area contributed by atoms with Gasteiger partial charge < -0.3 is 0 Å². The lowest BCUT2D eigenvalue weighted by atomic mass is 10.1. The Morgan fingerprint density at radius 3 is 2.67 bits per heavy atom. The Labute approximate surface area is 125 Å². The third-order valence-corrected chi connectivity index (χ3v) is 5.72. The van der Waals surface area contributed by atoms with E-state index in [1.54, 1.807) is 6.20 Å². The molecule has 1 unspecified atom stereocenters. The molecule has 1 saturated heterocycles. The van der Waals surface area contributed by atoms with Crippen molar-refractivity contribution in [2.24, 2.45) is 0 Å². The molecule has 0 bridgehead atoms. The molecule has 2 aromatic rings. The number of nitrogens with zero attached hydrogens (tertiary/aromatic N) is 3. The zero-order valence-corrected chi connectivity index (χ0v) is 12.8. The predicted molar refractivity (Wildman–Crippen MR) is 82.1 cm³/mol. The van der Waals surface area contributed by atoms with Crippen molar-refractivity contribution in [2.75, 3.05) is 18.6 Å². The van der Waals surface area contributed by atoms with Gasteiger partial charge in [-0.25, -0.2) is 13.1 Å². The normalized spacial score (nSPS) is 21.0. The zero-order chi connectivity index (χ0) is 14.9. The molecule has 0 radical (unpaired) electrons. The van der Waals surface area contributed by atoms with Gasteiger partial charge in [-0.15, -0.1) is 0 Å². The van der Waals surface area contributed by atoms with Crippen molar-refractivity contribution in [3.05, 3.63) is 48.3 Å². The van der Waals surface area contributed by atoms with Crippen molar-refractivity contribution >= 4 is 9.84 Å². The van der Waals surface area contributed by atoms with E-state index >= 15 is 0 Å². The maximum atomic E-state index is 11.5. The quantitative estimate of drug-likeness (QED) is 0.859. The molecular formula is C15H19N3O2S. The second kappa shape index (κ2) is 5.61. The van der Waals surface area contributed by atoms with E-state index in [1.165, 1.54) is 5.56 Å². The molecule has 0 amide bonds. The molecule has 0 aliphatic carbocycles. The highest BCUT2D eigenvalue weighted by Gasteiger charge is 2.30. The maximum Gasteiger partial charge on any atom is 0.151 e. The van der Waals surface area contributed by atoms with Crippen LogP contribution in [0.4, 0.5) is 0 Å². The van der Waals surface area contributed by atoms with Gasteiger partial charge in [0, 0.05) is 25.0 Å². The molecule has 3 rings (SSSR count). The Morgan fingerprint density at radius 2 is 2.10 bits per heavy atom. The number of aromatic nitrogens is 2. The van der Waals surface area contributed by atoms with Crippen LogP contribution in [-0.4, -0.2) is 47.7 Å².